The first-order valence-corrected chi connectivity index (χ1v) is 7.72. The number of likely N-dealkylation sites (N-methyl/N-ethyl adjacent to an activating group) is 1. The number of likely N-dealkylation sites (tertiary alicyclic amines) is 1. The van der Waals surface area contributed by atoms with Gasteiger partial charge in [-0.15, -0.1) is 0 Å². The summed E-state index contributed by atoms with van der Waals surface area (Å²) in [5.74, 6) is 0.886. The highest BCUT2D eigenvalue weighted by atomic mass is 16.5. The summed E-state index contributed by atoms with van der Waals surface area (Å²) in [6.07, 6.45) is 3.81. The Morgan fingerprint density at radius 3 is 2.68 bits per heavy atom. The maximum Gasteiger partial charge on any atom is 0.0474 e. The molecule has 4 heteroatoms. The van der Waals surface area contributed by atoms with E-state index in [4.69, 9.17) is 4.74 Å². The molecule has 0 aromatic carbocycles. The predicted molar refractivity (Wildman–Crippen MR) is 81.7 cm³/mol. The molecule has 1 rings (SSSR count). The molecule has 1 saturated heterocycles. The zero-order valence-corrected chi connectivity index (χ0v) is 13.3. The molecule has 0 saturated carbocycles. The zero-order valence-electron chi connectivity index (χ0n) is 13.3. The number of hydrogen-bond donors (Lipinski definition) is 1. The van der Waals surface area contributed by atoms with Crippen molar-refractivity contribution in [1.29, 1.82) is 0 Å². The van der Waals surface area contributed by atoms with Crippen LogP contribution < -0.4 is 5.32 Å². The quantitative estimate of drug-likeness (QED) is 0.639. The summed E-state index contributed by atoms with van der Waals surface area (Å²) in [5, 5.41) is 3.52. The number of methoxy groups -OCH3 is 1. The number of hydrogen-bond acceptors (Lipinski definition) is 4. The SMILES string of the molecule is COCCCNCC(C)N(C)CC1CCN(C)CC1. The van der Waals surface area contributed by atoms with Crippen LogP contribution in [0.2, 0.25) is 0 Å². The van der Waals surface area contributed by atoms with Crippen LogP contribution in [0, 0.1) is 5.92 Å². The second-order valence-electron chi connectivity index (χ2n) is 6.09. The Bertz CT molecular complexity index is 217. The van der Waals surface area contributed by atoms with Crippen LogP contribution in [0.3, 0.4) is 0 Å². The summed E-state index contributed by atoms with van der Waals surface area (Å²) >= 11 is 0. The summed E-state index contributed by atoms with van der Waals surface area (Å²) in [4.78, 5) is 4.95. The monoisotopic (exact) mass is 271 g/mol. The first kappa shape index (κ1) is 16.9. The van der Waals surface area contributed by atoms with Crippen LogP contribution in [0.5, 0.6) is 0 Å². The van der Waals surface area contributed by atoms with Gasteiger partial charge < -0.3 is 19.9 Å². The summed E-state index contributed by atoms with van der Waals surface area (Å²) < 4.78 is 5.05. The summed E-state index contributed by atoms with van der Waals surface area (Å²) in [7, 11) is 6.25. The Kier molecular flexibility index (Phi) is 8.62. The van der Waals surface area contributed by atoms with E-state index in [2.05, 4.69) is 36.1 Å². The van der Waals surface area contributed by atoms with E-state index in [9.17, 15) is 0 Å². The molecule has 0 aliphatic carbocycles. The minimum Gasteiger partial charge on any atom is -0.385 e. The largest absolute Gasteiger partial charge is 0.385 e. The van der Waals surface area contributed by atoms with Gasteiger partial charge in [0, 0.05) is 32.8 Å². The lowest BCUT2D eigenvalue weighted by atomic mass is 9.96. The Labute approximate surface area is 119 Å². The van der Waals surface area contributed by atoms with E-state index in [1.165, 1.54) is 32.5 Å². The van der Waals surface area contributed by atoms with Gasteiger partial charge in [-0.05, 0) is 65.8 Å². The summed E-state index contributed by atoms with van der Waals surface area (Å²) in [6.45, 7) is 9.08. The molecule has 1 heterocycles. The van der Waals surface area contributed by atoms with Gasteiger partial charge in [-0.2, -0.15) is 0 Å². The van der Waals surface area contributed by atoms with Crippen LogP contribution in [-0.2, 0) is 4.74 Å². The third-order valence-electron chi connectivity index (χ3n) is 4.28. The van der Waals surface area contributed by atoms with Gasteiger partial charge in [-0.3, -0.25) is 0 Å². The van der Waals surface area contributed by atoms with Crippen LogP contribution in [0.4, 0.5) is 0 Å². The molecule has 0 bridgehead atoms. The van der Waals surface area contributed by atoms with E-state index < -0.39 is 0 Å². The molecule has 0 aromatic heterocycles. The van der Waals surface area contributed by atoms with Crippen molar-refractivity contribution in [2.24, 2.45) is 5.92 Å². The van der Waals surface area contributed by atoms with E-state index in [-0.39, 0.29) is 0 Å². The van der Waals surface area contributed by atoms with Gasteiger partial charge in [0.15, 0.2) is 0 Å². The van der Waals surface area contributed by atoms with Gasteiger partial charge in [0.05, 0.1) is 0 Å². The van der Waals surface area contributed by atoms with Crippen molar-refractivity contribution in [3.63, 3.8) is 0 Å². The number of piperidine rings is 1. The van der Waals surface area contributed by atoms with Gasteiger partial charge >= 0.3 is 0 Å². The maximum absolute atomic E-state index is 5.05. The zero-order chi connectivity index (χ0) is 14.1. The van der Waals surface area contributed by atoms with Crippen molar-refractivity contribution in [2.75, 3.05) is 60.5 Å². The molecular formula is C15H33N3O. The standard InChI is InChI=1S/C15H33N3O/c1-14(12-16-8-5-11-19-4)18(3)13-15-6-9-17(2)10-7-15/h14-16H,5-13H2,1-4H3. The Morgan fingerprint density at radius 2 is 2.05 bits per heavy atom. The molecule has 1 N–H and O–H groups in total. The second-order valence-corrected chi connectivity index (χ2v) is 6.09. The van der Waals surface area contributed by atoms with Gasteiger partial charge in [0.2, 0.25) is 0 Å². The first-order chi connectivity index (χ1) is 9.13. The van der Waals surface area contributed by atoms with Crippen molar-refractivity contribution in [2.45, 2.75) is 32.2 Å². The first-order valence-electron chi connectivity index (χ1n) is 7.72. The van der Waals surface area contributed by atoms with E-state index >= 15 is 0 Å². The molecule has 0 spiro atoms. The van der Waals surface area contributed by atoms with Crippen LogP contribution in [0.15, 0.2) is 0 Å². The molecule has 0 radical (unpaired) electrons. The Balaban J connectivity index is 2.08. The average Bonchev–Trinajstić information content (AvgIpc) is 2.41. The highest BCUT2D eigenvalue weighted by molar-refractivity contribution is 4.75. The third-order valence-corrected chi connectivity index (χ3v) is 4.28. The smallest absolute Gasteiger partial charge is 0.0474 e. The molecule has 1 aliphatic heterocycles. The normalized spacial score (nSPS) is 20.1. The Morgan fingerprint density at radius 1 is 1.37 bits per heavy atom. The van der Waals surface area contributed by atoms with E-state index in [1.807, 2.05) is 0 Å². The fourth-order valence-corrected chi connectivity index (χ4v) is 2.64. The number of ether oxygens (including phenoxy) is 1. The number of nitrogens with zero attached hydrogens (tertiary/aromatic N) is 2. The van der Waals surface area contributed by atoms with Crippen LogP contribution >= 0.6 is 0 Å². The highest BCUT2D eigenvalue weighted by Gasteiger charge is 2.19. The molecule has 1 fully saturated rings. The molecule has 1 unspecified atom stereocenters. The molecule has 1 atom stereocenters. The lowest BCUT2D eigenvalue weighted by molar-refractivity contribution is 0.152. The van der Waals surface area contributed by atoms with Gasteiger partial charge in [-0.25, -0.2) is 0 Å². The minimum atomic E-state index is 0.613. The van der Waals surface area contributed by atoms with Crippen molar-refractivity contribution in [3.05, 3.63) is 0 Å². The molecule has 1 aliphatic rings. The van der Waals surface area contributed by atoms with Crippen molar-refractivity contribution >= 4 is 0 Å². The topological polar surface area (TPSA) is 27.7 Å². The van der Waals surface area contributed by atoms with Crippen LogP contribution in [0.1, 0.15) is 26.2 Å². The molecule has 4 nitrogen and oxygen atoms in total. The third kappa shape index (κ3) is 7.25. The second kappa shape index (κ2) is 9.70. The van der Waals surface area contributed by atoms with E-state index in [0.29, 0.717) is 6.04 Å². The maximum atomic E-state index is 5.05. The minimum absolute atomic E-state index is 0.613. The van der Waals surface area contributed by atoms with E-state index in [0.717, 1.165) is 32.0 Å². The number of nitrogens with one attached hydrogen (secondary N) is 1. The summed E-state index contributed by atoms with van der Waals surface area (Å²) in [6, 6.07) is 0.613. The Hall–Kier alpha value is -0.160. The molecule has 114 valence electrons. The lowest BCUT2D eigenvalue weighted by Gasteiger charge is -2.34. The van der Waals surface area contributed by atoms with Gasteiger partial charge in [0.1, 0.15) is 0 Å². The highest BCUT2D eigenvalue weighted by Crippen LogP contribution is 2.17. The van der Waals surface area contributed by atoms with E-state index in [1.54, 1.807) is 7.11 Å². The average molecular weight is 271 g/mol. The molecular weight excluding hydrogens is 238 g/mol. The number of rotatable bonds is 9. The van der Waals surface area contributed by atoms with Crippen molar-refractivity contribution in [3.8, 4) is 0 Å². The van der Waals surface area contributed by atoms with Gasteiger partial charge in [-0.1, -0.05) is 0 Å². The fourth-order valence-electron chi connectivity index (χ4n) is 2.64. The van der Waals surface area contributed by atoms with Crippen molar-refractivity contribution < 1.29 is 4.74 Å². The molecule has 0 amide bonds. The predicted octanol–water partition coefficient (Wildman–Crippen LogP) is 1.27. The summed E-state index contributed by atoms with van der Waals surface area (Å²) in [5.41, 5.74) is 0. The van der Waals surface area contributed by atoms with Crippen molar-refractivity contribution in [1.82, 2.24) is 15.1 Å². The molecule has 19 heavy (non-hydrogen) atoms. The fraction of sp³-hybridized carbons (Fsp3) is 1.00. The van der Waals surface area contributed by atoms with Crippen LogP contribution in [0.25, 0.3) is 0 Å². The van der Waals surface area contributed by atoms with Crippen LogP contribution in [-0.4, -0.2) is 76.4 Å². The lowest BCUT2D eigenvalue weighted by Crippen LogP contribution is -2.42. The molecule has 0 aromatic rings. The van der Waals surface area contributed by atoms with Gasteiger partial charge in [0.25, 0.3) is 0 Å².